The van der Waals surface area contributed by atoms with Crippen LogP contribution in [0.25, 0.3) is 0 Å². The molecule has 154 valence electrons. The Morgan fingerprint density at radius 1 is 1.10 bits per heavy atom. The second kappa shape index (κ2) is 8.91. The smallest absolute Gasteiger partial charge is 0.340 e. The van der Waals surface area contributed by atoms with Gasteiger partial charge in [0.1, 0.15) is 0 Å². The van der Waals surface area contributed by atoms with E-state index >= 15 is 0 Å². The Hall–Kier alpha value is -2.46. The van der Waals surface area contributed by atoms with E-state index in [2.05, 4.69) is 0 Å². The van der Waals surface area contributed by atoms with E-state index in [1.165, 1.54) is 16.4 Å². The molecule has 0 spiro atoms. The Kier molecular flexibility index (Phi) is 6.53. The molecule has 3 rings (SSSR count). The molecule has 0 bridgehead atoms. The largest absolute Gasteiger partial charge is 0.444 e. The van der Waals surface area contributed by atoms with Crippen LogP contribution in [0.1, 0.15) is 22.0 Å². The molecule has 0 aliphatic carbocycles. The zero-order chi connectivity index (χ0) is 21.0. The maximum atomic E-state index is 12.8. The normalized spacial score (nSPS) is 16.2. The van der Waals surface area contributed by atoms with Crippen LogP contribution in [0.3, 0.4) is 0 Å². The lowest BCUT2D eigenvalue weighted by Crippen LogP contribution is -2.40. The van der Waals surface area contributed by atoms with Crippen LogP contribution in [0.2, 0.25) is 5.02 Å². The van der Waals surface area contributed by atoms with Crippen molar-refractivity contribution in [2.45, 2.75) is 11.0 Å². The molecule has 1 unspecified atom stereocenters. The van der Waals surface area contributed by atoms with E-state index in [-0.39, 0.29) is 28.6 Å². The molecule has 2 N–H and O–H groups in total. The summed E-state index contributed by atoms with van der Waals surface area (Å²) < 4.78 is 37.3. The first kappa shape index (κ1) is 21.3. The third-order valence-corrected chi connectivity index (χ3v) is 6.58. The summed E-state index contributed by atoms with van der Waals surface area (Å²) in [7, 11) is -3.84. The molecule has 1 aliphatic rings. The molecule has 8 nitrogen and oxygen atoms in total. The van der Waals surface area contributed by atoms with Gasteiger partial charge in [-0.3, -0.25) is 4.79 Å². The van der Waals surface area contributed by atoms with Gasteiger partial charge in [0.2, 0.25) is 16.1 Å². The van der Waals surface area contributed by atoms with Gasteiger partial charge in [-0.15, -0.1) is 0 Å². The lowest BCUT2D eigenvalue weighted by Gasteiger charge is -2.26. The Morgan fingerprint density at radius 2 is 1.76 bits per heavy atom. The van der Waals surface area contributed by atoms with Crippen LogP contribution in [0, 0.1) is 0 Å². The molecule has 2 aromatic carbocycles. The van der Waals surface area contributed by atoms with Crippen LogP contribution >= 0.6 is 11.6 Å². The van der Waals surface area contributed by atoms with Gasteiger partial charge in [-0.05, 0) is 18.2 Å². The lowest BCUT2D eigenvalue weighted by atomic mass is 10.1. The molecule has 10 heteroatoms. The highest BCUT2D eigenvalue weighted by Crippen LogP contribution is 2.26. The Labute approximate surface area is 173 Å². The molecule has 1 atom stereocenters. The number of sulfonamides is 1. The van der Waals surface area contributed by atoms with E-state index in [9.17, 15) is 18.0 Å². The molecule has 0 saturated carbocycles. The van der Waals surface area contributed by atoms with Crippen LogP contribution in [0.4, 0.5) is 0 Å². The van der Waals surface area contributed by atoms with Crippen molar-refractivity contribution in [2.75, 3.05) is 26.3 Å². The van der Waals surface area contributed by atoms with Crippen LogP contribution in [-0.2, 0) is 24.3 Å². The fraction of sp³-hybridized carbons (Fsp3) is 0.263. The van der Waals surface area contributed by atoms with Crippen molar-refractivity contribution in [2.24, 2.45) is 5.73 Å². The minimum Gasteiger partial charge on any atom is -0.444 e. The Balaban J connectivity index is 1.89. The predicted octanol–water partition coefficient (Wildman–Crippen LogP) is 1.74. The lowest BCUT2D eigenvalue weighted by molar-refractivity contribution is -0.127. The van der Waals surface area contributed by atoms with Gasteiger partial charge in [-0.2, -0.15) is 4.31 Å². The van der Waals surface area contributed by atoms with Crippen LogP contribution in [0.5, 0.6) is 0 Å². The SMILES string of the molecule is NC(=O)C(OC(=O)c1cc(S(=O)(=O)N2CCOCC2)ccc1Cl)c1ccccc1. The average molecular weight is 439 g/mol. The molecule has 29 heavy (non-hydrogen) atoms. The highest BCUT2D eigenvalue weighted by Gasteiger charge is 2.29. The van der Waals surface area contributed by atoms with Crippen molar-refractivity contribution in [3.63, 3.8) is 0 Å². The van der Waals surface area contributed by atoms with Gasteiger partial charge >= 0.3 is 5.97 Å². The van der Waals surface area contributed by atoms with Gasteiger partial charge in [-0.25, -0.2) is 13.2 Å². The monoisotopic (exact) mass is 438 g/mol. The van der Waals surface area contributed by atoms with E-state index in [4.69, 9.17) is 26.8 Å². The summed E-state index contributed by atoms with van der Waals surface area (Å²) in [4.78, 5) is 24.3. The third-order valence-electron chi connectivity index (χ3n) is 4.35. The first-order valence-corrected chi connectivity index (χ1v) is 10.5. The molecule has 1 heterocycles. The van der Waals surface area contributed by atoms with Crippen molar-refractivity contribution >= 4 is 33.5 Å². The second-order valence-electron chi connectivity index (χ2n) is 6.26. The predicted molar refractivity (Wildman–Crippen MR) is 105 cm³/mol. The van der Waals surface area contributed by atoms with Crippen LogP contribution in [0.15, 0.2) is 53.4 Å². The number of carbonyl (C=O) groups excluding carboxylic acids is 2. The summed E-state index contributed by atoms with van der Waals surface area (Å²) in [6.45, 7) is 1.00. The number of morpholine rings is 1. The van der Waals surface area contributed by atoms with E-state index in [0.717, 1.165) is 6.07 Å². The standard InChI is InChI=1S/C19H19ClN2O6S/c20-16-7-6-14(29(25,26)22-8-10-27-11-9-22)12-15(16)19(24)28-17(18(21)23)13-4-2-1-3-5-13/h1-7,12,17H,8-11H2,(H2,21,23). The van der Waals surface area contributed by atoms with E-state index in [0.29, 0.717) is 18.8 Å². The number of nitrogens with zero attached hydrogens (tertiary/aromatic N) is 1. The molecule has 1 amide bonds. The molecule has 1 saturated heterocycles. The minimum atomic E-state index is -3.84. The van der Waals surface area contributed by atoms with Gasteiger partial charge in [0, 0.05) is 18.7 Å². The van der Waals surface area contributed by atoms with Crippen LogP contribution in [-0.4, -0.2) is 50.9 Å². The Morgan fingerprint density at radius 3 is 2.38 bits per heavy atom. The Bertz CT molecular complexity index is 1010. The quantitative estimate of drug-likeness (QED) is 0.687. The minimum absolute atomic E-state index is 0.00721. The maximum absolute atomic E-state index is 12.8. The van der Waals surface area contributed by atoms with Gasteiger partial charge in [-0.1, -0.05) is 41.9 Å². The summed E-state index contributed by atoms with van der Waals surface area (Å²) in [5.41, 5.74) is 5.58. The summed E-state index contributed by atoms with van der Waals surface area (Å²) in [5, 5.41) is -0.00721. The number of hydrogen-bond donors (Lipinski definition) is 1. The number of nitrogens with two attached hydrogens (primary N) is 1. The highest BCUT2D eigenvalue weighted by molar-refractivity contribution is 7.89. The first-order chi connectivity index (χ1) is 13.8. The maximum Gasteiger partial charge on any atom is 0.340 e. The summed E-state index contributed by atoms with van der Waals surface area (Å²) in [6, 6.07) is 12.0. The number of benzene rings is 2. The number of carbonyl (C=O) groups is 2. The van der Waals surface area contributed by atoms with Crippen molar-refractivity contribution in [1.82, 2.24) is 4.31 Å². The highest BCUT2D eigenvalue weighted by atomic mass is 35.5. The zero-order valence-corrected chi connectivity index (χ0v) is 16.9. The fourth-order valence-corrected chi connectivity index (χ4v) is 4.48. The third kappa shape index (κ3) is 4.76. The van der Waals surface area contributed by atoms with Gasteiger partial charge in [0.15, 0.2) is 0 Å². The number of ether oxygens (including phenoxy) is 2. The zero-order valence-electron chi connectivity index (χ0n) is 15.3. The summed E-state index contributed by atoms with van der Waals surface area (Å²) >= 11 is 6.09. The van der Waals surface area contributed by atoms with Crippen molar-refractivity contribution in [3.05, 3.63) is 64.7 Å². The number of esters is 1. The first-order valence-electron chi connectivity index (χ1n) is 8.73. The van der Waals surface area contributed by atoms with E-state index < -0.39 is 28.0 Å². The van der Waals surface area contributed by atoms with Crippen LogP contribution < -0.4 is 5.73 Å². The second-order valence-corrected chi connectivity index (χ2v) is 8.60. The van der Waals surface area contributed by atoms with E-state index in [1.807, 2.05) is 0 Å². The van der Waals surface area contributed by atoms with Gasteiger partial charge in [0.25, 0.3) is 5.91 Å². The number of primary amides is 1. The summed E-state index contributed by atoms with van der Waals surface area (Å²) in [5.74, 6) is -1.82. The van der Waals surface area contributed by atoms with Gasteiger partial charge < -0.3 is 15.2 Å². The molecular weight excluding hydrogens is 420 g/mol. The molecule has 0 aromatic heterocycles. The average Bonchev–Trinajstić information content (AvgIpc) is 2.73. The van der Waals surface area contributed by atoms with Crippen molar-refractivity contribution in [1.29, 1.82) is 0 Å². The van der Waals surface area contributed by atoms with Crippen molar-refractivity contribution < 1.29 is 27.5 Å². The molecule has 0 radical (unpaired) electrons. The molecular formula is C19H19ClN2O6S. The number of amides is 1. The fourth-order valence-electron chi connectivity index (χ4n) is 2.85. The number of hydrogen-bond acceptors (Lipinski definition) is 6. The number of halogens is 1. The molecule has 1 aliphatic heterocycles. The van der Waals surface area contributed by atoms with Gasteiger partial charge in [0.05, 0.1) is 28.7 Å². The molecule has 2 aromatic rings. The number of rotatable bonds is 6. The summed E-state index contributed by atoms with van der Waals surface area (Å²) in [6.07, 6.45) is -1.33. The van der Waals surface area contributed by atoms with E-state index in [1.54, 1.807) is 30.3 Å². The molecule has 1 fully saturated rings. The van der Waals surface area contributed by atoms with Crippen molar-refractivity contribution in [3.8, 4) is 0 Å². The topological polar surface area (TPSA) is 116 Å².